The Hall–Kier alpha value is -0.930. The number of amides is 1. The summed E-state index contributed by atoms with van der Waals surface area (Å²) in [5.74, 6) is -0.0664. The van der Waals surface area contributed by atoms with Gasteiger partial charge in [0.2, 0.25) is 10.0 Å². The molecule has 0 N–H and O–H groups in total. The smallest absolute Gasteiger partial charge is 0.257 e. The van der Waals surface area contributed by atoms with Gasteiger partial charge < -0.3 is 9.64 Å². The van der Waals surface area contributed by atoms with Crippen molar-refractivity contribution in [1.29, 1.82) is 0 Å². The molecule has 7 nitrogen and oxygen atoms in total. The molecule has 3 saturated heterocycles. The second-order valence-electron chi connectivity index (χ2n) is 7.93. The van der Waals surface area contributed by atoms with Crippen molar-refractivity contribution in [1.82, 2.24) is 14.2 Å². The number of carbonyl (C=O) groups is 1. The zero-order valence-electron chi connectivity index (χ0n) is 15.1. The highest BCUT2D eigenvalue weighted by Crippen LogP contribution is 2.47. The highest BCUT2D eigenvalue weighted by atomic mass is 35.5. The molecule has 3 fully saturated rings. The van der Waals surface area contributed by atoms with E-state index in [1.165, 1.54) is 16.6 Å². The molecule has 4 heterocycles. The van der Waals surface area contributed by atoms with Crippen LogP contribution in [0.2, 0.25) is 10.2 Å². The van der Waals surface area contributed by atoms with Crippen LogP contribution in [0.25, 0.3) is 0 Å². The van der Waals surface area contributed by atoms with Crippen molar-refractivity contribution in [3.8, 4) is 0 Å². The number of pyridine rings is 1. The molecule has 0 saturated carbocycles. The minimum absolute atomic E-state index is 0.212. The molecule has 2 bridgehead atoms. The number of aromatic nitrogens is 1. The molecule has 1 unspecified atom stereocenters. The zero-order chi connectivity index (χ0) is 19.6. The van der Waals surface area contributed by atoms with Crippen LogP contribution in [0.4, 0.5) is 0 Å². The summed E-state index contributed by atoms with van der Waals surface area (Å²) in [6.45, 7) is 5.27. The first-order valence-electron chi connectivity index (χ1n) is 8.89. The number of ether oxygens (including phenoxy) is 1. The van der Waals surface area contributed by atoms with Gasteiger partial charge in [-0.1, -0.05) is 37.0 Å². The lowest BCUT2D eigenvalue weighted by Crippen LogP contribution is -2.56. The Morgan fingerprint density at radius 1 is 1.41 bits per heavy atom. The lowest BCUT2D eigenvalue weighted by atomic mass is 9.99. The average Bonchev–Trinajstić information content (AvgIpc) is 2.93. The highest BCUT2D eigenvalue weighted by molar-refractivity contribution is 7.90. The highest BCUT2D eigenvalue weighted by Gasteiger charge is 2.65. The fourth-order valence-corrected chi connectivity index (χ4v) is 7.33. The van der Waals surface area contributed by atoms with Gasteiger partial charge in [0.1, 0.15) is 16.0 Å². The summed E-state index contributed by atoms with van der Waals surface area (Å²) in [6, 6.07) is 1.43. The molecule has 0 aliphatic carbocycles. The number of rotatable bonds is 3. The number of sulfonamides is 1. The van der Waals surface area contributed by atoms with Crippen LogP contribution >= 0.6 is 23.2 Å². The van der Waals surface area contributed by atoms with Crippen molar-refractivity contribution in [3.05, 3.63) is 28.0 Å². The van der Waals surface area contributed by atoms with Crippen LogP contribution in [0.3, 0.4) is 0 Å². The standard InChI is InChI=1S/C17H21Cl2N3O4S/c1-10(2)6-22-9-17-8-21(7-11(26-17)3-14(17)27(22,24)25)16(23)12-5-20-15(19)4-13(12)18/h4-5,10-11,14H,3,6-9H2,1-2H3/t11-,14+,17?/m1/s1. The molecule has 4 rings (SSSR count). The lowest BCUT2D eigenvalue weighted by Gasteiger charge is -2.39. The Morgan fingerprint density at radius 3 is 2.81 bits per heavy atom. The first-order chi connectivity index (χ1) is 12.6. The third-order valence-corrected chi connectivity index (χ3v) is 8.28. The molecule has 0 aromatic carbocycles. The van der Waals surface area contributed by atoms with E-state index in [1.807, 2.05) is 13.8 Å². The minimum Gasteiger partial charge on any atom is -0.365 e. The van der Waals surface area contributed by atoms with Crippen molar-refractivity contribution >= 4 is 39.1 Å². The van der Waals surface area contributed by atoms with E-state index in [2.05, 4.69) is 4.98 Å². The van der Waals surface area contributed by atoms with Crippen LogP contribution in [0, 0.1) is 5.92 Å². The van der Waals surface area contributed by atoms with E-state index in [-0.39, 0.29) is 46.8 Å². The average molecular weight is 434 g/mol. The lowest BCUT2D eigenvalue weighted by molar-refractivity contribution is -0.0980. The van der Waals surface area contributed by atoms with E-state index >= 15 is 0 Å². The van der Waals surface area contributed by atoms with Gasteiger partial charge in [0.05, 0.1) is 23.2 Å². The minimum atomic E-state index is -3.44. The monoisotopic (exact) mass is 433 g/mol. The Morgan fingerprint density at radius 2 is 2.15 bits per heavy atom. The van der Waals surface area contributed by atoms with Gasteiger partial charge in [0.25, 0.3) is 5.91 Å². The fraction of sp³-hybridized carbons (Fsp3) is 0.647. The van der Waals surface area contributed by atoms with E-state index in [0.29, 0.717) is 19.5 Å². The molecular weight excluding hydrogens is 413 g/mol. The first-order valence-corrected chi connectivity index (χ1v) is 11.2. The molecule has 3 aliphatic heterocycles. The molecule has 1 amide bonds. The quantitative estimate of drug-likeness (QED) is 0.681. The van der Waals surface area contributed by atoms with Gasteiger partial charge in [-0.05, 0) is 18.4 Å². The van der Waals surface area contributed by atoms with Crippen LogP contribution in [0.1, 0.15) is 30.6 Å². The summed E-state index contributed by atoms with van der Waals surface area (Å²) in [7, 11) is -3.44. The largest absolute Gasteiger partial charge is 0.365 e. The van der Waals surface area contributed by atoms with E-state index in [1.54, 1.807) is 4.90 Å². The molecular formula is C17H21Cl2N3O4S. The van der Waals surface area contributed by atoms with Gasteiger partial charge in [0.15, 0.2) is 0 Å². The summed E-state index contributed by atoms with van der Waals surface area (Å²) >= 11 is 12.0. The molecule has 3 aliphatic rings. The van der Waals surface area contributed by atoms with Crippen molar-refractivity contribution in [2.75, 3.05) is 26.2 Å². The van der Waals surface area contributed by atoms with Crippen LogP contribution in [0.5, 0.6) is 0 Å². The van der Waals surface area contributed by atoms with Gasteiger partial charge in [-0.25, -0.2) is 13.4 Å². The molecule has 1 aromatic heterocycles. The maximum Gasteiger partial charge on any atom is 0.257 e. The van der Waals surface area contributed by atoms with Crippen LogP contribution in [-0.4, -0.2) is 71.6 Å². The summed E-state index contributed by atoms with van der Waals surface area (Å²) < 4.78 is 33.6. The molecule has 1 spiro atoms. The molecule has 3 atom stereocenters. The second kappa shape index (κ2) is 6.56. The topological polar surface area (TPSA) is 79.8 Å². The van der Waals surface area contributed by atoms with Crippen molar-refractivity contribution in [3.63, 3.8) is 0 Å². The van der Waals surface area contributed by atoms with Gasteiger partial charge in [-0.2, -0.15) is 4.31 Å². The van der Waals surface area contributed by atoms with Gasteiger partial charge in [0, 0.05) is 25.8 Å². The predicted octanol–water partition coefficient (Wildman–Crippen LogP) is 2.04. The predicted molar refractivity (Wildman–Crippen MR) is 102 cm³/mol. The van der Waals surface area contributed by atoms with Crippen LogP contribution < -0.4 is 0 Å². The Labute approximate surface area is 168 Å². The molecule has 10 heteroatoms. The van der Waals surface area contributed by atoms with Crippen LogP contribution in [0.15, 0.2) is 12.3 Å². The van der Waals surface area contributed by atoms with E-state index in [0.717, 1.165) is 0 Å². The fourth-order valence-electron chi connectivity index (χ4n) is 4.41. The number of hydrogen-bond donors (Lipinski definition) is 0. The van der Waals surface area contributed by atoms with E-state index < -0.39 is 20.9 Å². The van der Waals surface area contributed by atoms with Gasteiger partial charge in [-0.3, -0.25) is 4.79 Å². The first kappa shape index (κ1) is 19.4. The molecule has 148 valence electrons. The second-order valence-corrected chi connectivity index (χ2v) is 10.8. The number of carbonyl (C=O) groups excluding carboxylic acids is 1. The third-order valence-electron chi connectivity index (χ3n) is 5.42. The summed E-state index contributed by atoms with van der Waals surface area (Å²) in [5.41, 5.74) is -0.617. The molecule has 1 aromatic rings. The summed E-state index contributed by atoms with van der Waals surface area (Å²) in [6.07, 6.45) is 1.48. The van der Waals surface area contributed by atoms with Crippen molar-refractivity contribution in [2.45, 2.75) is 37.2 Å². The van der Waals surface area contributed by atoms with E-state index in [4.69, 9.17) is 27.9 Å². The molecule has 0 radical (unpaired) electrons. The maximum atomic E-state index is 13.0. The number of halogens is 2. The van der Waals surface area contributed by atoms with Crippen molar-refractivity contribution in [2.24, 2.45) is 5.92 Å². The number of nitrogens with zero attached hydrogens (tertiary/aromatic N) is 3. The molecule has 27 heavy (non-hydrogen) atoms. The Bertz CT molecular complexity index is 894. The maximum absolute atomic E-state index is 13.0. The van der Waals surface area contributed by atoms with Crippen LogP contribution in [-0.2, 0) is 14.8 Å². The number of likely N-dealkylation sites (tertiary alicyclic amines) is 1. The van der Waals surface area contributed by atoms with Gasteiger partial charge >= 0.3 is 0 Å². The SMILES string of the molecule is CC(C)CN1CC23CN(C(=O)c4cnc(Cl)cc4Cl)C[C@@H](C[C@@H]2S1(=O)=O)O3. The Balaban J connectivity index is 1.62. The normalized spacial score (nSPS) is 32.1. The number of fused-ring (bicyclic) bond motifs is 1. The third kappa shape index (κ3) is 3.15. The van der Waals surface area contributed by atoms with Crippen molar-refractivity contribution < 1.29 is 17.9 Å². The zero-order valence-corrected chi connectivity index (χ0v) is 17.4. The number of hydrogen-bond acceptors (Lipinski definition) is 5. The Kier molecular flexibility index (Phi) is 4.71. The van der Waals surface area contributed by atoms with E-state index in [9.17, 15) is 13.2 Å². The number of morpholine rings is 1. The summed E-state index contributed by atoms with van der Waals surface area (Å²) in [4.78, 5) is 18.6. The summed E-state index contributed by atoms with van der Waals surface area (Å²) in [5, 5.41) is -0.165. The van der Waals surface area contributed by atoms with Gasteiger partial charge in [-0.15, -0.1) is 0 Å².